The Balaban J connectivity index is 2.13. The van der Waals surface area contributed by atoms with E-state index >= 15 is 0 Å². The average molecular weight is 361 g/mol. The van der Waals surface area contributed by atoms with Gasteiger partial charge in [-0.1, -0.05) is 22.9 Å². The summed E-state index contributed by atoms with van der Waals surface area (Å²) in [5, 5.41) is 16.6. The summed E-state index contributed by atoms with van der Waals surface area (Å²) >= 11 is 3.39. The molecule has 0 radical (unpaired) electrons. The minimum atomic E-state index is -0.961. The van der Waals surface area contributed by atoms with Crippen LogP contribution in [0.2, 0.25) is 0 Å². The Morgan fingerprint density at radius 1 is 1.36 bits per heavy atom. The van der Waals surface area contributed by atoms with E-state index in [2.05, 4.69) is 31.3 Å². The van der Waals surface area contributed by atoms with Crippen molar-refractivity contribution in [3.8, 4) is 0 Å². The quantitative estimate of drug-likeness (QED) is 0.744. The lowest BCUT2D eigenvalue weighted by Gasteiger charge is -2.08. The van der Waals surface area contributed by atoms with Gasteiger partial charge in [0.1, 0.15) is 11.8 Å². The van der Waals surface area contributed by atoms with Crippen LogP contribution in [-0.2, 0) is 6.42 Å². The zero-order chi connectivity index (χ0) is 15.7. The SMILES string of the molecule is CCc1c(C(=O)O)cn2ncnc(Nc3ccc(Br)cc3)c12. The van der Waals surface area contributed by atoms with Crippen molar-refractivity contribution in [3.63, 3.8) is 0 Å². The largest absolute Gasteiger partial charge is 0.478 e. The van der Waals surface area contributed by atoms with Gasteiger partial charge in [-0.15, -0.1) is 0 Å². The summed E-state index contributed by atoms with van der Waals surface area (Å²) in [5.74, 6) is -0.376. The van der Waals surface area contributed by atoms with Gasteiger partial charge in [0.2, 0.25) is 0 Å². The monoisotopic (exact) mass is 360 g/mol. The molecule has 3 rings (SSSR count). The molecular formula is C15H13BrN4O2. The predicted octanol–water partition coefficient (Wildman–Crippen LogP) is 3.50. The average Bonchev–Trinajstić information content (AvgIpc) is 2.89. The first kappa shape index (κ1) is 14.5. The number of aryl methyl sites for hydroxylation is 1. The van der Waals surface area contributed by atoms with Crippen LogP contribution in [0.4, 0.5) is 11.5 Å². The van der Waals surface area contributed by atoms with Gasteiger partial charge in [0.05, 0.1) is 5.56 Å². The molecule has 0 aliphatic heterocycles. The highest BCUT2D eigenvalue weighted by Gasteiger charge is 2.18. The summed E-state index contributed by atoms with van der Waals surface area (Å²) in [4.78, 5) is 15.6. The molecule has 0 bridgehead atoms. The summed E-state index contributed by atoms with van der Waals surface area (Å²) in [5.41, 5.74) is 2.52. The molecule has 0 spiro atoms. The Bertz CT molecular complexity index is 843. The molecule has 0 saturated heterocycles. The first-order valence-electron chi connectivity index (χ1n) is 6.71. The van der Waals surface area contributed by atoms with Crippen molar-refractivity contribution in [2.24, 2.45) is 0 Å². The van der Waals surface area contributed by atoms with Gasteiger partial charge >= 0.3 is 5.97 Å². The molecule has 2 aromatic heterocycles. The molecule has 0 unspecified atom stereocenters. The fourth-order valence-electron chi connectivity index (χ4n) is 2.38. The molecule has 1 aromatic carbocycles. The van der Waals surface area contributed by atoms with Crippen molar-refractivity contribution >= 4 is 38.9 Å². The smallest absolute Gasteiger partial charge is 0.337 e. The summed E-state index contributed by atoms with van der Waals surface area (Å²) < 4.78 is 2.53. The van der Waals surface area contributed by atoms with Crippen molar-refractivity contribution < 1.29 is 9.90 Å². The molecule has 112 valence electrons. The Kier molecular flexibility index (Phi) is 3.81. The maximum Gasteiger partial charge on any atom is 0.337 e. The number of hydrogen-bond acceptors (Lipinski definition) is 4. The highest BCUT2D eigenvalue weighted by Crippen LogP contribution is 2.27. The summed E-state index contributed by atoms with van der Waals surface area (Å²) in [6.07, 6.45) is 3.50. The van der Waals surface area contributed by atoms with Crippen molar-refractivity contribution in [2.45, 2.75) is 13.3 Å². The Morgan fingerprint density at radius 3 is 2.73 bits per heavy atom. The lowest BCUT2D eigenvalue weighted by Crippen LogP contribution is -2.01. The first-order chi connectivity index (χ1) is 10.6. The zero-order valence-corrected chi connectivity index (χ0v) is 13.3. The summed E-state index contributed by atoms with van der Waals surface area (Å²) in [7, 11) is 0. The van der Waals surface area contributed by atoms with Gasteiger partial charge in [-0.05, 0) is 36.2 Å². The van der Waals surface area contributed by atoms with Crippen LogP contribution in [0, 0.1) is 0 Å². The van der Waals surface area contributed by atoms with E-state index in [1.807, 2.05) is 31.2 Å². The fourth-order valence-corrected chi connectivity index (χ4v) is 2.64. The molecule has 0 aliphatic carbocycles. The third-order valence-electron chi connectivity index (χ3n) is 3.37. The van der Waals surface area contributed by atoms with Crippen LogP contribution in [0.15, 0.2) is 41.3 Å². The molecule has 0 amide bonds. The predicted molar refractivity (Wildman–Crippen MR) is 86.7 cm³/mol. The minimum absolute atomic E-state index is 0.252. The highest BCUT2D eigenvalue weighted by molar-refractivity contribution is 9.10. The van der Waals surface area contributed by atoms with Gasteiger partial charge in [-0.3, -0.25) is 0 Å². The number of hydrogen-bond donors (Lipinski definition) is 2. The van der Waals surface area contributed by atoms with E-state index in [9.17, 15) is 9.90 Å². The van der Waals surface area contributed by atoms with Crippen LogP contribution in [0.25, 0.3) is 5.52 Å². The molecule has 7 heteroatoms. The van der Waals surface area contributed by atoms with Crippen molar-refractivity contribution in [1.82, 2.24) is 14.6 Å². The number of carbonyl (C=O) groups is 1. The number of aromatic carboxylic acids is 1. The van der Waals surface area contributed by atoms with E-state index < -0.39 is 5.97 Å². The lowest BCUT2D eigenvalue weighted by molar-refractivity contribution is 0.0696. The Labute approximate surface area is 134 Å². The van der Waals surface area contributed by atoms with Gasteiger partial charge in [-0.2, -0.15) is 5.10 Å². The van der Waals surface area contributed by atoms with Crippen molar-refractivity contribution in [2.75, 3.05) is 5.32 Å². The first-order valence-corrected chi connectivity index (χ1v) is 7.50. The number of carboxylic acids is 1. The maximum absolute atomic E-state index is 11.4. The van der Waals surface area contributed by atoms with Crippen LogP contribution in [-0.4, -0.2) is 25.7 Å². The number of aromatic nitrogens is 3. The third-order valence-corrected chi connectivity index (χ3v) is 3.90. The van der Waals surface area contributed by atoms with Crippen LogP contribution >= 0.6 is 15.9 Å². The molecule has 2 N–H and O–H groups in total. The van der Waals surface area contributed by atoms with Gasteiger partial charge in [-0.25, -0.2) is 14.3 Å². The zero-order valence-electron chi connectivity index (χ0n) is 11.7. The Morgan fingerprint density at radius 2 is 2.09 bits per heavy atom. The summed E-state index contributed by atoms with van der Waals surface area (Å²) in [6.45, 7) is 1.91. The number of benzene rings is 1. The molecule has 3 aromatic rings. The molecule has 22 heavy (non-hydrogen) atoms. The van der Waals surface area contributed by atoms with Crippen LogP contribution in [0.3, 0.4) is 0 Å². The third kappa shape index (κ3) is 2.55. The van der Waals surface area contributed by atoms with E-state index in [4.69, 9.17) is 0 Å². The van der Waals surface area contributed by atoms with E-state index in [0.29, 0.717) is 23.3 Å². The topological polar surface area (TPSA) is 79.5 Å². The lowest BCUT2D eigenvalue weighted by atomic mass is 10.1. The second kappa shape index (κ2) is 5.76. The van der Waals surface area contributed by atoms with Crippen LogP contribution in [0.1, 0.15) is 22.8 Å². The summed E-state index contributed by atoms with van der Waals surface area (Å²) in [6, 6.07) is 7.66. The van der Waals surface area contributed by atoms with Crippen LogP contribution in [0.5, 0.6) is 0 Å². The minimum Gasteiger partial charge on any atom is -0.478 e. The number of halogens is 1. The van der Waals surface area contributed by atoms with Crippen LogP contribution < -0.4 is 5.32 Å². The number of nitrogens with one attached hydrogen (secondary N) is 1. The maximum atomic E-state index is 11.4. The second-order valence-electron chi connectivity index (χ2n) is 4.71. The molecule has 2 heterocycles. The Hall–Kier alpha value is -2.41. The van der Waals surface area contributed by atoms with Crippen molar-refractivity contribution in [3.05, 3.63) is 52.4 Å². The van der Waals surface area contributed by atoms with Gasteiger partial charge in [0.25, 0.3) is 0 Å². The molecule has 0 atom stereocenters. The molecule has 0 aliphatic rings. The van der Waals surface area contributed by atoms with E-state index in [1.54, 1.807) is 4.52 Å². The number of carboxylic acid groups (broad SMARTS) is 1. The van der Waals surface area contributed by atoms with Gasteiger partial charge in [0.15, 0.2) is 5.82 Å². The van der Waals surface area contributed by atoms with Crippen molar-refractivity contribution in [1.29, 1.82) is 0 Å². The van der Waals surface area contributed by atoms with E-state index in [0.717, 1.165) is 10.2 Å². The molecule has 0 saturated carbocycles. The van der Waals surface area contributed by atoms with E-state index in [-0.39, 0.29) is 5.56 Å². The molecule has 6 nitrogen and oxygen atoms in total. The number of fused-ring (bicyclic) bond motifs is 1. The second-order valence-corrected chi connectivity index (χ2v) is 5.63. The van der Waals surface area contributed by atoms with E-state index in [1.165, 1.54) is 12.5 Å². The van der Waals surface area contributed by atoms with Gasteiger partial charge in [0, 0.05) is 16.4 Å². The number of rotatable bonds is 4. The highest BCUT2D eigenvalue weighted by atomic mass is 79.9. The van der Waals surface area contributed by atoms with Gasteiger partial charge < -0.3 is 10.4 Å². The standard InChI is InChI=1S/C15H13BrN4O2/c1-2-11-12(15(21)22)7-20-13(11)14(17-8-18-20)19-10-5-3-9(16)4-6-10/h3-8H,2H2,1H3,(H,21,22)(H,17,18,19). The molecule has 0 fully saturated rings. The molecular weight excluding hydrogens is 348 g/mol. The number of anilines is 2. The normalized spacial score (nSPS) is 10.8. The number of nitrogens with zero attached hydrogens (tertiary/aromatic N) is 3. The fraction of sp³-hybridized carbons (Fsp3) is 0.133.